The van der Waals surface area contributed by atoms with E-state index in [4.69, 9.17) is 4.74 Å². The Morgan fingerprint density at radius 2 is 1.68 bits per heavy atom. The number of carbonyl (C=O) groups excluding carboxylic acids is 2. The number of anilines is 1. The summed E-state index contributed by atoms with van der Waals surface area (Å²) in [5, 5.41) is 10.6. The van der Waals surface area contributed by atoms with Crippen molar-refractivity contribution in [3.05, 3.63) is 71.3 Å². The van der Waals surface area contributed by atoms with Gasteiger partial charge in [-0.1, -0.05) is 54.1 Å². The largest absolute Gasteiger partial charge is 0.443 e. The number of amides is 2. The van der Waals surface area contributed by atoms with Crippen molar-refractivity contribution < 1.29 is 19.4 Å². The first-order valence-corrected chi connectivity index (χ1v) is 9.28. The molecule has 0 saturated heterocycles. The topological polar surface area (TPSA) is 66.8 Å². The average molecular weight is 379 g/mol. The number of aliphatic hydroxyl groups excluding tert-OH is 1. The third-order valence-corrected chi connectivity index (χ3v) is 4.52. The highest BCUT2D eigenvalue weighted by atomic mass is 16.6. The van der Waals surface area contributed by atoms with Crippen molar-refractivity contribution in [3.8, 4) is 0 Å². The summed E-state index contributed by atoms with van der Waals surface area (Å²) in [5.41, 5.74) is 2.42. The molecule has 2 amide bonds. The number of ether oxygens (including phenoxy) is 1. The maximum atomic E-state index is 13.1. The van der Waals surface area contributed by atoms with Crippen LogP contribution in [0.3, 0.4) is 0 Å². The molecule has 146 valence electrons. The van der Waals surface area contributed by atoms with E-state index < -0.39 is 23.7 Å². The molecule has 0 spiro atoms. The van der Waals surface area contributed by atoms with E-state index in [0.29, 0.717) is 23.2 Å². The van der Waals surface area contributed by atoms with E-state index in [1.165, 1.54) is 0 Å². The lowest BCUT2D eigenvalue weighted by molar-refractivity contribution is -0.112. The molecule has 5 nitrogen and oxygen atoms in total. The molecule has 1 heterocycles. The van der Waals surface area contributed by atoms with Crippen molar-refractivity contribution in [2.24, 2.45) is 0 Å². The monoisotopic (exact) mass is 379 g/mol. The van der Waals surface area contributed by atoms with Crippen LogP contribution in [0.25, 0.3) is 5.57 Å². The van der Waals surface area contributed by atoms with Crippen LogP contribution in [0.2, 0.25) is 0 Å². The van der Waals surface area contributed by atoms with Crippen LogP contribution in [0.4, 0.5) is 10.5 Å². The Morgan fingerprint density at radius 3 is 2.32 bits per heavy atom. The van der Waals surface area contributed by atoms with Gasteiger partial charge in [-0.15, -0.1) is 0 Å². The van der Waals surface area contributed by atoms with Gasteiger partial charge in [0.2, 0.25) is 0 Å². The molecule has 1 aliphatic rings. The second kappa shape index (κ2) is 7.60. The number of para-hydroxylation sites is 1. The maximum Gasteiger partial charge on any atom is 0.422 e. The van der Waals surface area contributed by atoms with Crippen LogP contribution in [-0.2, 0) is 9.53 Å². The minimum Gasteiger partial charge on any atom is -0.443 e. The van der Waals surface area contributed by atoms with Gasteiger partial charge in [0.05, 0.1) is 11.8 Å². The molecule has 0 fully saturated rings. The van der Waals surface area contributed by atoms with E-state index in [-0.39, 0.29) is 0 Å². The summed E-state index contributed by atoms with van der Waals surface area (Å²) < 4.78 is 5.42. The van der Waals surface area contributed by atoms with Crippen LogP contribution in [0.1, 0.15) is 51.3 Å². The Kier molecular flexibility index (Phi) is 5.38. The van der Waals surface area contributed by atoms with E-state index in [9.17, 15) is 14.7 Å². The van der Waals surface area contributed by atoms with E-state index in [1.807, 2.05) is 49.4 Å². The summed E-state index contributed by atoms with van der Waals surface area (Å²) >= 11 is 0. The van der Waals surface area contributed by atoms with Crippen LogP contribution < -0.4 is 4.90 Å². The predicted octanol–water partition coefficient (Wildman–Crippen LogP) is 4.87. The summed E-state index contributed by atoms with van der Waals surface area (Å²) in [6.07, 6.45) is -1.14. The minimum atomic E-state index is -0.732. The number of fused-ring (bicyclic) bond motifs is 1. The number of imide groups is 1. The molecule has 0 unspecified atom stereocenters. The molecule has 5 heteroatoms. The number of rotatable bonds is 3. The predicted molar refractivity (Wildman–Crippen MR) is 109 cm³/mol. The van der Waals surface area contributed by atoms with E-state index in [1.54, 1.807) is 32.9 Å². The highest BCUT2D eigenvalue weighted by molar-refractivity contribution is 6.39. The summed E-state index contributed by atoms with van der Waals surface area (Å²) in [6, 6.07) is 16.4. The Bertz CT molecular complexity index is 925. The number of hydrogen-bond donors (Lipinski definition) is 1. The summed E-state index contributed by atoms with van der Waals surface area (Å²) in [4.78, 5) is 26.9. The number of carbonyl (C=O) groups is 2. The zero-order valence-corrected chi connectivity index (χ0v) is 16.6. The van der Waals surface area contributed by atoms with Gasteiger partial charge in [0.15, 0.2) is 0 Å². The lowest BCUT2D eigenvalue weighted by atomic mass is 9.95. The van der Waals surface area contributed by atoms with E-state index in [0.717, 1.165) is 16.0 Å². The highest BCUT2D eigenvalue weighted by Gasteiger charge is 2.39. The zero-order valence-electron chi connectivity index (χ0n) is 16.6. The molecule has 1 N–H and O–H groups in total. The fourth-order valence-corrected chi connectivity index (χ4v) is 3.30. The van der Waals surface area contributed by atoms with Crippen molar-refractivity contribution in [1.29, 1.82) is 0 Å². The van der Waals surface area contributed by atoms with E-state index in [2.05, 4.69) is 0 Å². The second-order valence-corrected chi connectivity index (χ2v) is 7.92. The molecule has 2 aromatic rings. The summed E-state index contributed by atoms with van der Waals surface area (Å²) in [6.45, 7) is 7.09. The van der Waals surface area contributed by atoms with E-state index >= 15 is 0 Å². The van der Waals surface area contributed by atoms with Gasteiger partial charge in [0.25, 0.3) is 5.91 Å². The molecule has 3 rings (SSSR count). The Hall–Kier alpha value is -2.92. The molecule has 0 radical (unpaired) electrons. The number of aliphatic hydroxyl groups is 1. The molecule has 0 aliphatic carbocycles. The average Bonchev–Trinajstić information content (AvgIpc) is 2.92. The lowest BCUT2D eigenvalue weighted by Gasteiger charge is -2.23. The highest BCUT2D eigenvalue weighted by Crippen LogP contribution is 2.40. The third-order valence-electron chi connectivity index (χ3n) is 4.52. The van der Waals surface area contributed by atoms with Gasteiger partial charge in [-0.2, -0.15) is 0 Å². The first-order chi connectivity index (χ1) is 13.2. The van der Waals surface area contributed by atoms with Crippen molar-refractivity contribution >= 4 is 23.3 Å². The van der Waals surface area contributed by atoms with Gasteiger partial charge in [-0.25, -0.2) is 9.69 Å². The zero-order chi connectivity index (χ0) is 20.5. The van der Waals surface area contributed by atoms with Crippen LogP contribution in [-0.4, -0.2) is 22.7 Å². The molecule has 0 saturated carbocycles. The van der Waals surface area contributed by atoms with Gasteiger partial charge < -0.3 is 9.84 Å². The van der Waals surface area contributed by atoms with Crippen molar-refractivity contribution in [3.63, 3.8) is 0 Å². The fourth-order valence-electron chi connectivity index (χ4n) is 3.30. The molecule has 1 aliphatic heterocycles. The van der Waals surface area contributed by atoms with Crippen molar-refractivity contribution in [1.82, 2.24) is 0 Å². The maximum absolute atomic E-state index is 13.1. The van der Waals surface area contributed by atoms with Crippen LogP contribution >= 0.6 is 0 Å². The van der Waals surface area contributed by atoms with Crippen LogP contribution in [0, 0.1) is 0 Å². The molecule has 1 atom stereocenters. The number of benzene rings is 2. The third kappa shape index (κ3) is 3.99. The first-order valence-electron chi connectivity index (χ1n) is 9.28. The smallest absolute Gasteiger partial charge is 0.422 e. The van der Waals surface area contributed by atoms with Gasteiger partial charge in [-0.3, -0.25) is 4.79 Å². The number of nitrogens with zero attached hydrogens (tertiary/aromatic N) is 1. The number of hydrogen-bond acceptors (Lipinski definition) is 4. The molecule has 0 bridgehead atoms. The fraction of sp³-hybridized carbons (Fsp3) is 0.304. The molecular formula is C23H25NO4. The molecular weight excluding hydrogens is 354 g/mol. The summed E-state index contributed by atoms with van der Waals surface area (Å²) in [7, 11) is 0. The lowest BCUT2D eigenvalue weighted by Crippen LogP contribution is -2.38. The van der Waals surface area contributed by atoms with Crippen molar-refractivity contribution in [2.45, 2.75) is 45.8 Å². The Morgan fingerprint density at radius 1 is 1.07 bits per heavy atom. The van der Waals surface area contributed by atoms with Gasteiger partial charge in [0, 0.05) is 11.1 Å². The molecule has 0 aromatic heterocycles. The van der Waals surface area contributed by atoms with Crippen LogP contribution in [0.15, 0.2) is 60.2 Å². The molecule has 28 heavy (non-hydrogen) atoms. The van der Waals surface area contributed by atoms with Crippen molar-refractivity contribution in [2.75, 3.05) is 4.90 Å². The SMILES string of the molecule is C/C(C[C@H](O)c1ccccc1)=C1/C(=O)N(C(=O)OC(C)(C)C)c2ccccc21. The Labute approximate surface area is 165 Å². The van der Waals surface area contributed by atoms with Crippen LogP contribution in [0.5, 0.6) is 0 Å². The quantitative estimate of drug-likeness (QED) is 0.773. The first kappa shape index (κ1) is 19.8. The summed E-state index contributed by atoms with van der Waals surface area (Å²) in [5.74, 6) is -0.423. The standard InChI is InChI=1S/C23H25NO4/c1-15(14-19(25)16-10-6-5-7-11-16)20-17-12-8-9-13-18(17)24(21(20)26)22(27)28-23(2,3)4/h5-13,19,25H,14H2,1-4H3/b20-15-/t19-/m0/s1. The van der Waals surface area contributed by atoms with Gasteiger partial charge in [-0.05, 0) is 45.7 Å². The molecule has 2 aromatic carbocycles. The van der Waals surface area contributed by atoms with Gasteiger partial charge in [0.1, 0.15) is 5.60 Å². The minimum absolute atomic E-state index is 0.293. The second-order valence-electron chi connectivity index (χ2n) is 7.92. The normalized spacial score (nSPS) is 16.6. The van der Waals surface area contributed by atoms with Gasteiger partial charge >= 0.3 is 6.09 Å². The Balaban J connectivity index is 1.96.